The molecule has 0 saturated heterocycles. The average Bonchev–Trinajstić information content (AvgIpc) is 3.21. The van der Waals surface area contributed by atoms with Gasteiger partial charge in [-0.2, -0.15) is 0 Å². The zero-order chi connectivity index (χ0) is 21.6. The van der Waals surface area contributed by atoms with Crippen LogP contribution in [0.15, 0.2) is 52.7 Å². The second-order valence-electron chi connectivity index (χ2n) is 7.24. The number of hydrogen-bond acceptors (Lipinski definition) is 7. The van der Waals surface area contributed by atoms with Gasteiger partial charge >= 0.3 is 0 Å². The first-order valence-electron chi connectivity index (χ1n) is 10.4. The second kappa shape index (κ2) is 14.0. The van der Waals surface area contributed by atoms with Gasteiger partial charge in [0.25, 0.3) is 0 Å². The minimum absolute atomic E-state index is 0.567. The Morgan fingerprint density at radius 3 is 2.77 bits per heavy atom. The van der Waals surface area contributed by atoms with E-state index in [0.717, 1.165) is 43.1 Å². The van der Waals surface area contributed by atoms with Gasteiger partial charge in [-0.25, -0.2) is 0 Å². The monoisotopic (exact) mass is 430 g/mol. The van der Waals surface area contributed by atoms with Gasteiger partial charge in [-0.3, -0.25) is 0 Å². The molecule has 7 heteroatoms. The van der Waals surface area contributed by atoms with Gasteiger partial charge < -0.3 is 19.4 Å². The van der Waals surface area contributed by atoms with Crippen molar-refractivity contribution in [2.45, 2.75) is 32.6 Å². The third-order valence-electron chi connectivity index (χ3n) is 4.26. The van der Waals surface area contributed by atoms with Crippen LogP contribution in [-0.4, -0.2) is 54.6 Å². The Labute approximate surface area is 184 Å². The number of thioether (sulfide) groups is 1. The first-order valence-corrected chi connectivity index (χ1v) is 11.5. The zero-order valence-electron chi connectivity index (χ0n) is 18.6. The zero-order valence-corrected chi connectivity index (χ0v) is 19.4. The van der Waals surface area contributed by atoms with Crippen molar-refractivity contribution in [3.63, 3.8) is 0 Å². The van der Waals surface area contributed by atoms with Crippen molar-refractivity contribution in [3.05, 3.63) is 59.7 Å². The summed E-state index contributed by atoms with van der Waals surface area (Å²) in [5.41, 5.74) is 2.20. The van der Waals surface area contributed by atoms with Gasteiger partial charge in [0.2, 0.25) is 11.8 Å². The number of rotatable bonds is 14. The fraction of sp³-hybridized carbons (Fsp3) is 0.478. The van der Waals surface area contributed by atoms with E-state index in [1.54, 1.807) is 11.8 Å². The molecule has 0 aliphatic carbocycles. The molecule has 1 aromatic carbocycles. The van der Waals surface area contributed by atoms with Gasteiger partial charge in [-0.1, -0.05) is 24.3 Å². The predicted molar refractivity (Wildman–Crippen MR) is 125 cm³/mol. The van der Waals surface area contributed by atoms with Crippen LogP contribution in [0.4, 0.5) is 0 Å². The van der Waals surface area contributed by atoms with E-state index in [-0.39, 0.29) is 0 Å². The Hall–Kier alpha value is -2.09. The van der Waals surface area contributed by atoms with E-state index in [4.69, 9.17) is 9.15 Å². The van der Waals surface area contributed by atoms with Gasteiger partial charge in [0.1, 0.15) is 0 Å². The summed E-state index contributed by atoms with van der Waals surface area (Å²) < 4.78 is 11.4. The second-order valence-corrected chi connectivity index (χ2v) is 8.34. The molecule has 1 N–H and O–H groups in total. The Morgan fingerprint density at radius 2 is 2.03 bits per heavy atom. The van der Waals surface area contributed by atoms with Crippen LogP contribution in [0.5, 0.6) is 0 Å². The Kier molecular flexibility index (Phi) is 11.3. The fourth-order valence-electron chi connectivity index (χ4n) is 2.65. The van der Waals surface area contributed by atoms with E-state index >= 15 is 0 Å². The molecular formula is C23H34N4O2S. The highest BCUT2D eigenvalue weighted by Gasteiger charge is 2.08. The van der Waals surface area contributed by atoms with Gasteiger partial charge in [0.15, 0.2) is 0 Å². The molecule has 0 unspecified atom stereocenters. The lowest BCUT2D eigenvalue weighted by Crippen LogP contribution is -2.20. The number of nitrogens with one attached hydrogen (secondary N) is 1. The Bertz CT molecular complexity index is 785. The number of aromatic nitrogens is 2. The summed E-state index contributed by atoms with van der Waals surface area (Å²) in [4.78, 5) is 2.20. The maximum absolute atomic E-state index is 5.80. The third kappa shape index (κ3) is 9.61. The normalized spacial score (nSPS) is 12.2. The summed E-state index contributed by atoms with van der Waals surface area (Å²) in [5.74, 6) is 3.68. The molecule has 30 heavy (non-hydrogen) atoms. The lowest BCUT2D eigenvalue weighted by atomic mass is 10.1. The molecule has 2 aromatic rings. The number of nitrogens with zero attached hydrogens (tertiary/aromatic N) is 3. The van der Waals surface area contributed by atoms with E-state index in [1.807, 2.05) is 44.2 Å². The lowest BCUT2D eigenvalue weighted by molar-refractivity contribution is 0.234. The molecule has 0 aliphatic heterocycles. The average molecular weight is 431 g/mol. The summed E-state index contributed by atoms with van der Waals surface area (Å²) in [5, 5.41) is 11.8. The van der Waals surface area contributed by atoms with Crippen LogP contribution < -0.4 is 5.32 Å². The number of benzene rings is 1. The molecule has 1 aromatic heterocycles. The van der Waals surface area contributed by atoms with Gasteiger partial charge in [-0.15, -0.1) is 22.0 Å². The summed E-state index contributed by atoms with van der Waals surface area (Å²) in [6.07, 6.45) is 7.05. The minimum Gasteiger partial charge on any atom is -0.497 e. The van der Waals surface area contributed by atoms with E-state index in [0.29, 0.717) is 24.1 Å². The van der Waals surface area contributed by atoms with Crippen molar-refractivity contribution in [3.8, 4) is 11.5 Å². The van der Waals surface area contributed by atoms with E-state index in [1.165, 1.54) is 5.56 Å². The quantitative estimate of drug-likeness (QED) is 0.269. The SMILES string of the molecule is C/C=C\C=C(/C)OCCSCc1nnc(-c2ccc(CNCCCN(C)C)cc2)o1. The van der Waals surface area contributed by atoms with Crippen LogP contribution in [0.25, 0.3) is 11.5 Å². The van der Waals surface area contributed by atoms with Crippen LogP contribution >= 0.6 is 11.8 Å². The summed E-state index contributed by atoms with van der Waals surface area (Å²) in [6, 6.07) is 8.28. The summed E-state index contributed by atoms with van der Waals surface area (Å²) in [7, 11) is 4.20. The molecule has 0 atom stereocenters. The van der Waals surface area contributed by atoms with Crippen LogP contribution in [0, 0.1) is 0 Å². The van der Waals surface area contributed by atoms with Crippen LogP contribution in [0.1, 0.15) is 31.7 Å². The lowest BCUT2D eigenvalue weighted by Gasteiger charge is -2.09. The first-order chi connectivity index (χ1) is 14.6. The largest absolute Gasteiger partial charge is 0.497 e. The van der Waals surface area contributed by atoms with Crippen LogP contribution in [0.2, 0.25) is 0 Å². The minimum atomic E-state index is 0.567. The smallest absolute Gasteiger partial charge is 0.247 e. The predicted octanol–water partition coefficient (Wildman–Crippen LogP) is 4.51. The molecular weight excluding hydrogens is 396 g/mol. The standard InChI is InChI=1S/C23H34N4O2S/c1-5-6-8-19(2)28-15-16-30-18-22-25-26-23(29-22)21-11-9-20(10-12-21)17-24-13-7-14-27(3)4/h5-6,8-12,24H,7,13-18H2,1-4H3/b6-5-,19-8+. The topological polar surface area (TPSA) is 63.4 Å². The molecule has 0 amide bonds. The van der Waals surface area contributed by atoms with E-state index in [2.05, 4.69) is 46.6 Å². The maximum atomic E-state index is 5.80. The Morgan fingerprint density at radius 1 is 1.23 bits per heavy atom. The molecule has 0 fully saturated rings. The molecule has 164 valence electrons. The fourth-order valence-corrected chi connectivity index (χ4v) is 3.28. The molecule has 1 heterocycles. The highest BCUT2D eigenvalue weighted by molar-refractivity contribution is 7.98. The van der Waals surface area contributed by atoms with Crippen molar-refractivity contribution in [1.29, 1.82) is 0 Å². The molecule has 0 spiro atoms. The molecule has 2 rings (SSSR count). The molecule has 6 nitrogen and oxygen atoms in total. The molecule has 0 aliphatic rings. The summed E-state index contributed by atoms with van der Waals surface area (Å²) >= 11 is 1.72. The summed E-state index contributed by atoms with van der Waals surface area (Å²) in [6.45, 7) is 7.59. The van der Waals surface area contributed by atoms with E-state index < -0.39 is 0 Å². The van der Waals surface area contributed by atoms with Crippen molar-refractivity contribution in [2.75, 3.05) is 39.5 Å². The number of hydrogen-bond donors (Lipinski definition) is 1. The first kappa shape index (κ1) is 24.2. The highest BCUT2D eigenvalue weighted by Crippen LogP contribution is 2.20. The molecule has 0 bridgehead atoms. The van der Waals surface area contributed by atoms with Gasteiger partial charge in [0, 0.05) is 17.9 Å². The Balaban J connectivity index is 1.70. The van der Waals surface area contributed by atoms with Crippen LogP contribution in [0.3, 0.4) is 0 Å². The third-order valence-corrected chi connectivity index (χ3v) is 5.17. The number of allylic oxidation sites excluding steroid dienone is 4. The maximum Gasteiger partial charge on any atom is 0.247 e. The van der Waals surface area contributed by atoms with Crippen molar-refractivity contribution in [1.82, 2.24) is 20.4 Å². The molecule has 0 radical (unpaired) electrons. The highest BCUT2D eigenvalue weighted by atomic mass is 32.2. The van der Waals surface area contributed by atoms with Crippen molar-refractivity contribution in [2.24, 2.45) is 0 Å². The van der Waals surface area contributed by atoms with Crippen molar-refractivity contribution < 1.29 is 9.15 Å². The van der Waals surface area contributed by atoms with Crippen molar-refractivity contribution >= 4 is 11.8 Å². The van der Waals surface area contributed by atoms with E-state index in [9.17, 15) is 0 Å². The number of ether oxygens (including phenoxy) is 1. The molecule has 0 saturated carbocycles. The van der Waals surface area contributed by atoms with Crippen LogP contribution in [-0.2, 0) is 17.0 Å². The van der Waals surface area contributed by atoms with Gasteiger partial charge in [-0.05, 0) is 71.2 Å². The van der Waals surface area contributed by atoms with Gasteiger partial charge in [0.05, 0.1) is 18.1 Å².